The van der Waals surface area contributed by atoms with Crippen LogP contribution in [0.2, 0.25) is 0 Å². The molecule has 1 aromatic carbocycles. The summed E-state index contributed by atoms with van der Waals surface area (Å²) in [6, 6.07) is 9.64. The van der Waals surface area contributed by atoms with Crippen LogP contribution in [0.3, 0.4) is 0 Å². The van der Waals surface area contributed by atoms with Crippen molar-refractivity contribution in [1.29, 1.82) is 0 Å². The molecule has 1 fully saturated rings. The van der Waals surface area contributed by atoms with Crippen LogP contribution in [0, 0.1) is 0 Å². The van der Waals surface area contributed by atoms with Gasteiger partial charge in [-0.05, 0) is 46.3 Å². The van der Waals surface area contributed by atoms with Gasteiger partial charge in [0.15, 0.2) is 5.78 Å². The Morgan fingerprint density at radius 2 is 1.89 bits per heavy atom. The van der Waals surface area contributed by atoms with E-state index in [1.165, 1.54) is 0 Å². The minimum absolute atomic E-state index is 0.0585. The first-order valence-corrected chi connectivity index (χ1v) is 9.74. The molecule has 2 heterocycles. The lowest BCUT2D eigenvalue weighted by molar-refractivity contribution is -0.117. The third kappa shape index (κ3) is 4.55. The molecule has 0 N–H and O–H groups in total. The van der Waals surface area contributed by atoms with Crippen LogP contribution in [-0.2, 0) is 20.8 Å². The summed E-state index contributed by atoms with van der Waals surface area (Å²) in [4.78, 5) is 29.0. The summed E-state index contributed by atoms with van der Waals surface area (Å²) in [5.41, 5.74) is -0.254. The second-order valence-corrected chi connectivity index (χ2v) is 8.89. The number of carbonyl (C=O) groups excluding carboxylic acids is 2. The van der Waals surface area contributed by atoms with Gasteiger partial charge in [0, 0.05) is 19.2 Å². The van der Waals surface area contributed by atoms with Gasteiger partial charge in [0.05, 0.1) is 18.7 Å². The number of allylic oxidation sites excluding steroid dienone is 1. The van der Waals surface area contributed by atoms with Crippen LogP contribution in [0.1, 0.15) is 46.6 Å². The normalized spacial score (nSPS) is 24.5. The molecule has 0 radical (unpaired) electrons. The molecule has 2 aliphatic rings. The molecule has 1 aromatic rings. The first-order valence-electron chi connectivity index (χ1n) is 9.74. The highest BCUT2D eigenvalue weighted by Gasteiger charge is 2.50. The number of hydrogen-bond donors (Lipinski definition) is 0. The third-order valence-electron chi connectivity index (χ3n) is 5.05. The van der Waals surface area contributed by atoms with E-state index in [0.29, 0.717) is 19.6 Å². The van der Waals surface area contributed by atoms with Gasteiger partial charge >= 0.3 is 6.09 Å². The van der Waals surface area contributed by atoms with Gasteiger partial charge in [-0.1, -0.05) is 30.3 Å². The number of ether oxygens (including phenoxy) is 2. The van der Waals surface area contributed by atoms with E-state index >= 15 is 0 Å². The van der Waals surface area contributed by atoms with Crippen molar-refractivity contribution in [3.05, 3.63) is 48.2 Å². The minimum Gasteiger partial charge on any atom is -0.444 e. The van der Waals surface area contributed by atoms with Crippen molar-refractivity contribution in [2.75, 3.05) is 6.61 Å². The van der Waals surface area contributed by atoms with Crippen LogP contribution < -0.4 is 0 Å². The number of rotatable bonds is 3. The van der Waals surface area contributed by atoms with E-state index in [2.05, 4.69) is 17.0 Å². The fraction of sp³-hybridized carbons (Fsp3) is 0.545. The molecule has 1 amide bonds. The van der Waals surface area contributed by atoms with E-state index in [-0.39, 0.29) is 17.9 Å². The zero-order valence-corrected chi connectivity index (χ0v) is 17.3. The number of benzene rings is 1. The van der Waals surface area contributed by atoms with Crippen LogP contribution in [0.25, 0.3) is 0 Å². The average molecular weight is 386 g/mol. The highest BCUT2D eigenvalue weighted by atomic mass is 16.6. The van der Waals surface area contributed by atoms with Gasteiger partial charge in [-0.2, -0.15) is 0 Å². The summed E-state index contributed by atoms with van der Waals surface area (Å²) in [6.07, 6.45) is 3.37. The number of ketones is 1. The monoisotopic (exact) mass is 386 g/mol. The molecule has 6 heteroatoms. The first kappa shape index (κ1) is 20.4. The van der Waals surface area contributed by atoms with E-state index in [9.17, 15) is 9.59 Å². The van der Waals surface area contributed by atoms with Gasteiger partial charge in [-0.15, -0.1) is 0 Å². The van der Waals surface area contributed by atoms with Gasteiger partial charge in [-0.25, -0.2) is 4.79 Å². The highest BCUT2D eigenvalue weighted by molar-refractivity contribution is 5.91. The van der Waals surface area contributed by atoms with Crippen molar-refractivity contribution in [2.45, 2.75) is 71.0 Å². The fourth-order valence-electron chi connectivity index (χ4n) is 3.78. The van der Waals surface area contributed by atoms with E-state index in [0.717, 1.165) is 5.56 Å². The van der Waals surface area contributed by atoms with Gasteiger partial charge in [0.1, 0.15) is 11.3 Å². The Balaban J connectivity index is 1.87. The van der Waals surface area contributed by atoms with Crippen molar-refractivity contribution in [1.82, 2.24) is 9.80 Å². The molecule has 2 aliphatic heterocycles. The Kier molecular flexibility index (Phi) is 5.53. The summed E-state index contributed by atoms with van der Waals surface area (Å²) in [6.45, 7) is 10.3. The summed E-state index contributed by atoms with van der Waals surface area (Å²) >= 11 is 0. The highest BCUT2D eigenvalue weighted by Crippen LogP contribution is 2.34. The Bertz CT molecular complexity index is 752. The maximum absolute atomic E-state index is 13.0. The quantitative estimate of drug-likeness (QED) is 0.792. The van der Waals surface area contributed by atoms with Crippen molar-refractivity contribution in [3.63, 3.8) is 0 Å². The lowest BCUT2D eigenvalue weighted by Crippen LogP contribution is -2.57. The van der Waals surface area contributed by atoms with Crippen molar-refractivity contribution >= 4 is 11.9 Å². The molecule has 0 unspecified atom stereocenters. The van der Waals surface area contributed by atoms with Crippen LogP contribution in [0.5, 0.6) is 0 Å². The SMILES string of the molecule is CC(C)(C)OC(=O)N1[C@@H]([C@@H]2CC(=O)C=CN2Cc2ccccc2)COC1(C)C. The zero-order chi connectivity index (χ0) is 20.5. The Morgan fingerprint density at radius 1 is 1.21 bits per heavy atom. The van der Waals surface area contributed by atoms with E-state index in [1.54, 1.807) is 11.0 Å². The summed E-state index contributed by atoms with van der Waals surface area (Å²) < 4.78 is 11.6. The predicted octanol–water partition coefficient (Wildman–Crippen LogP) is 3.72. The Hall–Kier alpha value is -2.34. The molecule has 0 bridgehead atoms. The van der Waals surface area contributed by atoms with Crippen molar-refractivity contribution in [3.8, 4) is 0 Å². The molecule has 0 saturated carbocycles. The first-order chi connectivity index (χ1) is 13.1. The van der Waals surface area contributed by atoms with Gasteiger partial charge in [0.2, 0.25) is 0 Å². The number of hydrogen-bond acceptors (Lipinski definition) is 5. The maximum atomic E-state index is 13.0. The van der Waals surface area contributed by atoms with Crippen LogP contribution in [0.4, 0.5) is 4.79 Å². The zero-order valence-electron chi connectivity index (χ0n) is 17.3. The van der Waals surface area contributed by atoms with Gasteiger partial charge in [-0.3, -0.25) is 9.69 Å². The molecule has 0 aliphatic carbocycles. The second kappa shape index (κ2) is 7.59. The summed E-state index contributed by atoms with van der Waals surface area (Å²) in [5.74, 6) is 0.0585. The maximum Gasteiger partial charge on any atom is 0.412 e. The van der Waals surface area contributed by atoms with Crippen LogP contribution in [-0.4, -0.2) is 51.7 Å². The number of nitrogens with zero attached hydrogens (tertiary/aromatic N) is 2. The Labute approximate surface area is 167 Å². The molecular weight excluding hydrogens is 356 g/mol. The standard InChI is InChI=1S/C22H30N2O4/c1-21(2,3)28-20(26)24-19(15-27-22(24,4)5)18-13-17(25)11-12-23(18)14-16-9-7-6-8-10-16/h6-12,18-19H,13-15H2,1-5H3/t18-,19+/m0/s1. The number of amides is 1. The molecular formula is C22H30N2O4. The lowest BCUT2D eigenvalue weighted by atomic mass is 9.96. The van der Waals surface area contributed by atoms with E-state index in [4.69, 9.17) is 9.47 Å². The molecule has 0 spiro atoms. The summed E-state index contributed by atoms with van der Waals surface area (Å²) in [5, 5.41) is 0. The van der Waals surface area contributed by atoms with Gasteiger partial charge in [0.25, 0.3) is 0 Å². The van der Waals surface area contributed by atoms with Crippen molar-refractivity contribution in [2.24, 2.45) is 0 Å². The molecule has 0 aromatic heterocycles. The van der Waals surface area contributed by atoms with Crippen LogP contribution >= 0.6 is 0 Å². The third-order valence-corrected chi connectivity index (χ3v) is 5.05. The molecule has 28 heavy (non-hydrogen) atoms. The molecule has 3 rings (SSSR count). The topological polar surface area (TPSA) is 59.1 Å². The second-order valence-electron chi connectivity index (χ2n) is 8.89. The lowest BCUT2D eigenvalue weighted by Gasteiger charge is -2.42. The fourth-order valence-corrected chi connectivity index (χ4v) is 3.78. The largest absolute Gasteiger partial charge is 0.444 e. The minimum atomic E-state index is -0.796. The smallest absolute Gasteiger partial charge is 0.412 e. The number of carbonyl (C=O) groups is 2. The Morgan fingerprint density at radius 3 is 2.54 bits per heavy atom. The molecule has 6 nitrogen and oxygen atoms in total. The van der Waals surface area contributed by atoms with Gasteiger partial charge < -0.3 is 14.4 Å². The van der Waals surface area contributed by atoms with E-state index in [1.807, 2.05) is 59.0 Å². The van der Waals surface area contributed by atoms with E-state index < -0.39 is 17.4 Å². The predicted molar refractivity (Wildman–Crippen MR) is 106 cm³/mol. The van der Waals surface area contributed by atoms with Crippen LogP contribution in [0.15, 0.2) is 42.6 Å². The molecule has 152 valence electrons. The summed E-state index contributed by atoms with van der Waals surface area (Å²) in [7, 11) is 0. The molecule has 2 atom stereocenters. The molecule has 1 saturated heterocycles. The van der Waals surface area contributed by atoms with Crippen molar-refractivity contribution < 1.29 is 19.1 Å². The average Bonchev–Trinajstić information content (AvgIpc) is 2.91.